The maximum Gasteiger partial charge on any atom is 0.250 e. The standard InChI is InChI=1S/C16H12Br2N2O2/c17-11-6-7-14(12(9-11)16(19)22)20-15(21)8-5-10-3-1-2-4-13(10)18/h1-9H,(H2,19,22)(H,20,21)/b8-5+. The fraction of sp³-hybridized carbons (Fsp3) is 0. The first kappa shape index (κ1) is 16.5. The zero-order valence-corrected chi connectivity index (χ0v) is 14.5. The van der Waals surface area contributed by atoms with Gasteiger partial charge in [-0.15, -0.1) is 0 Å². The van der Waals surface area contributed by atoms with Gasteiger partial charge in [-0.3, -0.25) is 9.59 Å². The summed E-state index contributed by atoms with van der Waals surface area (Å²) in [4.78, 5) is 23.4. The first-order valence-electron chi connectivity index (χ1n) is 6.30. The van der Waals surface area contributed by atoms with E-state index in [9.17, 15) is 9.59 Å². The molecular weight excluding hydrogens is 412 g/mol. The van der Waals surface area contributed by atoms with E-state index in [4.69, 9.17) is 5.73 Å². The van der Waals surface area contributed by atoms with Crippen molar-refractivity contribution in [2.75, 3.05) is 5.32 Å². The van der Waals surface area contributed by atoms with E-state index in [0.717, 1.165) is 10.0 Å². The van der Waals surface area contributed by atoms with Crippen LogP contribution in [0, 0.1) is 0 Å². The van der Waals surface area contributed by atoms with Crippen LogP contribution in [0.4, 0.5) is 5.69 Å². The molecule has 6 heteroatoms. The lowest BCUT2D eigenvalue weighted by Gasteiger charge is -2.07. The second-order valence-corrected chi connectivity index (χ2v) is 6.17. The number of anilines is 1. The van der Waals surface area contributed by atoms with Crippen LogP contribution in [0.2, 0.25) is 0 Å². The Morgan fingerprint density at radius 2 is 1.82 bits per heavy atom. The smallest absolute Gasteiger partial charge is 0.250 e. The van der Waals surface area contributed by atoms with Gasteiger partial charge in [-0.05, 0) is 35.9 Å². The monoisotopic (exact) mass is 422 g/mol. The molecule has 2 aromatic rings. The molecule has 0 radical (unpaired) electrons. The molecule has 0 aliphatic heterocycles. The molecule has 2 aromatic carbocycles. The Kier molecular flexibility index (Phi) is 5.51. The van der Waals surface area contributed by atoms with E-state index in [1.807, 2.05) is 24.3 Å². The van der Waals surface area contributed by atoms with Crippen LogP contribution in [0.15, 0.2) is 57.5 Å². The fourth-order valence-electron chi connectivity index (χ4n) is 1.78. The van der Waals surface area contributed by atoms with Gasteiger partial charge in [0, 0.05) is 15.0 Å². The van der Waals surface area contributed by atoms with Gasteiger partial charge < -0.3 is 11.1 Å². The van der Waals surface area contributed by atoms with E-state index in [-0.39, 0.29) is 11.5 Å². The number of primary amides is 1. The average molecular weight is 424 g/mol. The van der Waals surface area contributed by atoms with Crippen LogP contribution >= 0.6 is 31.9 Å². The number of rotatable bonds is 4. The van der Waals surface area contributed by atoms with Gasteiger partial charge in [0.25, 0.3) is 5.91 Å². The van der Waals surface area contributed by atoms with E-state index in [1.165, 1.54) is 6.08 Å². The maximum absolute atomic E-state index is 12.0. The van der Waals surface area contributed by atoms with Crippen molar-refractivity contribution < 1.29 is 9.59 Å². The molecule has 0 bridgehead atoms. The van der Waals surface area contributed by atoms with Crippen molar-refractivity contribution in [3.05, 3.63) is 68.6 Å². The SMILES string of the molecule is NC(=O)c1cc(Br)ccc1NC(=O)/C=C/c1ccccc1Br. The molecule has 4 nitrogen and oxygen atoms in total. The first-order valence-corrected chi connectivity index (χ1v) is 7.89. The van der Waals surface area contributed by atoms with Crippen molar-refractivity contribution in [3.8, 4) is 0 Å². The Labute approximate surface area is 144 Å². The molecular formula is C16H12Br2N2O2. The lowest BCUT2D eigenvalue weighted by molar-refractivity contribution is -0.111. The molecule has 112 valence electrons. The molecule has 0 heterocycles. The van der Waals surface area contributed by atoms with Crippen LogP contribution < -0.4 is 11.1 Å². The van der Waals surface area contributed by atoms with Crippen molar-refractivity contribution in [2.24, 2.45) is 5.73 Å². The first-order chi connectivity index (χ1) is 10.5. The Hall–Kier alpha value is -1.92. The molecule has 22 heavy (non-hydrogen) atoms. The highest BCUT2D eigenvalue weighted by molar-refractivity contribution is 9.10. The molecule has 3 N–H and O–H groups in total. The number of nitrogens with one attached hydrogen (secondary N) is 1. The zero-order valence-electron chi connectivity index (χ0n) is 11.3. The predicted molar refractivity (Wildman–Crippen MR) is 94.5 cm³/mol. The van der Waals surface area contributed by atoms with Crippen molar-refractivity contribution in [1.29, 1.82) is 0 Å². The molecule has 0 spiro atoms. The highest BCUT2D eigenvalue weighted by Crippen LogP contribution is 2.21. The van der Waals surface area contributed by atoms with E-state index < -0.39 is 5.91 Å². The van der Waals surface area contributed by atoms with Crippen LogP contribution in [0.5, 0.6) is 0 Å². The third-order valence-corrected chi connectivity index (χ3v) is 4.04. The van der Waals surface area contributed by atoms with E-state index in [2.05, 4.69) is 37.2 Å². The van der Waals surface area contributed by atoms with Gasteiger partial charge in [0.2, 0.25) is 5.91 Å². The largest absolute Gasteiger partial charge is 0.366 e. The molecule has 0 saturated heterocycles. The summed E-state index contributed by atoms with van der Waals surface area (Å²) in [6, 6.07) is 12.4. The van der Waals surface area contributed by atoms with Gasteiger partial charge in [0.1, 0.15) is 0 Å². The molecule has 0 unspecified atom stereocenters. The summed E-state index contributed by atoms with van der Waals surface area (Å²) >= 11 is 6.66. The lowest BCUT2D eigenvalue weighted by Crippen LogP contribution is -2.16. The van der Waals surface area contributed by atoms with Crippen molar-refractivity contribution in [1.82, 2.24) is 0 Å². The number of nitrogens with two attached hydrogens (primary N) is 1. The second kappa shape index (κ2) is 7.38. The zero-order chi connectivity index (χ0) is 16.1. The molecule has 2 amide bonds. The summed E-state index contributed by atoms with van der Waals surface area (Å²) in [5.74, 6) is -0.952. The van der Waals surface area contributed by atoms with Gasteiger partial charge in [0.05, 0.1) is 11.3 Å². The van der Waals surface area contributed by atoms with E-state index in [1.54, 1.807) is 24.3 Å². The summed E-state index contributed by atoms with van der Waals surface area (Å²) in [5.41, 5.74) is 6.81. The topological polar surface area (TPSA) is 72.2 Å². The maximum atomic E-state index is 12.0. The number of amides is 2. The molecule has 0 fully saturated rings. The Bertz CT molecular complexity index is 758. The molecule has 0 aliphatic rings. The van der Waals surface area contributed by atoms with Crippen molar-refractivity contribution in [3.63, 3.8) is 0 Å². The summed E-state index contributed by atoms with van der Waals surface area (Å²) in [6.45, 7) is 0. The second-order valence-electron chi connectivity index (χ2n) is 4.40. The fourth-order valence-corrected chi connectivity index (χ4v) is 2.56. The molecule has 0 aromatic heterocycles. The average Bonchev–Trinajstić information content (AvgIpc) is 2.48. The molecule has 0 saturated carbocycles. The predicted octanol–water partition coefficient (Wildman–Crippen LogP) is 3.96. The normalized spacial score (nSPS) is 10.6. The van der Waals surface area contributed by atoms with Crippen molar-refractivity contribution in [2.45, 2.75) is 0 Å². The van der Waals surface area contributed by atoms with Crippen molar-refractivity contribution >= 4 is 55.4 Å². The number of benzene rings is 2. The number of halogens is 2. The van der Waals surface area contributed by atoms with Crippen LogP contribution in [0.1, 0.15) is 15.9 Å². The minimum atomic E-state index is -0.605. The molecule has 0 atom stereocenters. The van der Waals surface area contributed by atoms with E-state index >= 15 is 0 Å². The van der Waals surface area contributed by atoms with Crippen LogP contribution in [0.3, 0.4) is 0 Å². The Morgan fingerprint density at radius 3 is 2.50 bits per heavy atom. The Balaban J connectivity index is 2.16. The van der Waals surface area contributed by atoms with Crippen LogP contribution in [-0.4, -0.2) is 11.8 Å². The molecule has 0 aliphatic carbocycles. The third-order valence-electron chi connectivity index (χ3n) is 2.82. The minimum absolute atomic E-state index is 0.247. The van der Waals surface area contributed by atoms with Crippen LogP contribution in [0.25, 0.3) is 6.08 Å². The highest BCUT2D eigenvalue weighted by atomic mass is 79.9. The van der Waals surface area contributed by atoms with Gasteiger partial charge in [0.15, 0.2) is 0 Å². The van der Waals surface area contributed by atoms with E-state index in [0.29, 0.717) is 10.2 Å². The van der Waals surface area contributed by atoms with Gasteiger partial charge >= 0.3 is 0 Å². The number of carbonyl (C=O) groups is 2. The lowest BCUT2D eigenvalue weighted by atomic mass is 10.1. The number of carbonyl (C=O) groups excluding carboxylic acids is 2. The summed E-state index contributed by atoms with van der Waals surface area (Å²) in [6.07, 6.45) is 3.08. The molecule has 2 rings (SSSR count). The summed E-state index contributed by atoms with van der Waals surface area (Å²) < 4.78 is 1.60. The van der Waals surface area contributed by atoms with Crippen LogP contribution in [-0.2, 0) is 4.79 Å². The number of hydrogen-bond acceptors (Lipinski definition) is 2. The Morgan fingerprint density at radius 1 is 1.09 bits per heavy atom. The summed E-state index contributed by atoms with van der Waals surface area (Å²) in [5, 5.41) is 2.65. The summed E-state index contributed by atoms with van der Waals surface area (Å²) in [7, 11) is 0. The third kappa shape index (κ3) is 4.29. The quantitative estimate of drug-likeness (QED) is 0.730. The number of hydrogen-bond donors (Lipinski definition) is 2. The minimum Gasteiger partial charge on any atom is -0.366 e. The highest BCUT2D eigenvalue weighted by Gasteiger charge is 2.10. The van der Waals surface area contributed by atoms with Gasteiger partial charge in [-0.1, -0.05) is 50.1 Å². The van der Waals surface area contributed by atoms with Gasteiger partial charge in [-0.2, -0.15) is 0 Å². The van der Waals surface area contributed by atoms with Gasteiger partial charge in [-0.25, -0.2) is 0 Å².